The number of carbonyl (C=O) groups is 1. The fourth-order valence-electron chi connectivity index (χ4n) is 2.32. The third kappa shape index (κ3) is 13.9. The molecule has 0 amide bonds. The smallest absolute Gasteiger partial charge is 0.366 e. The molecule has 21 heavy (non-hydrogen) atoms. The van der Waals surface area contributed by atoms with Crippen molar-refractivity contribution in [2.24, 2.45) is 0 Å². The SMILES string of the molecule is CCCCCCCCCCCCC/C=C(\F)C(=O)OCC. The minimum atomic E-state index is -0.833. The molecule has 0 unspecified atom stereocenters. The van der Waals surface area contributed by atoms with Gasteiger partial charge >= 0.3 is 5.97 Å². The summed E-state index contributed by atoms with van der Waals surface area (Å²) in [5.41, 5.74) is 0. The Labute approximate surface area is 130 Å². The molecule has 3 heteroatoms. The number of allylic oxidation sites excluding steroid dienone is 1. The molecule has 0 aliphatic heterocycles. The molecule has 0 rings (SSSR count). The second kappa shape index (κ2) is 15.5. The normalized spacial score (nSPS) is 11.7. The molecule has 2 nitrogen and oxygen atoms in total. The van der Waals surface area contributed by atoms with Crippen molar-refractivity contribution in [3.63, 3.8) is 0 Å². The topological polar surface area (TPSA) is 26.3 Å². The predicted molar refractivity (Wildman–Crippen MR) is 86.9 cm³/mol. The molecule has 0 N–H and O–H groups in total. The van der Waals surface area contributed by atoms with Gasteiger partial charge in [0.2, 0.25) is 5.83 Å². The van der Waals surface area contributed by atoms with E-state index in [2.05, 4.69) is 11.7 Å². The van der Waals surface area contributed by atoms with Gasteiger partial charge in [0, 0.05) is 0 Å². The summed E-state index contributed by atoms with van der Waals surface area (Å²) in [6.07, 6.45) is 16.0. The maximum atomic E-state index is 13.2. The van der Waals surface area contributed by atoms with Crippen molar-refractivity contribution >= 4 is 5.97 Å². The molecule has 0 saturated heterocycles. The maximum absolute atomic E-state index is 13.2. The first-order valence-electron chi connectivity index (χ1n) is 8.75. The monoisotopic (exact) mass is 300 g/mol. The number of rotatable bonds is 14. The quantitative estimate of drug-likeness (QED) is 0.220. The van der Waals surface area contributed by atoms with E-state index in [0.29, 0.717) is 6.42 Å². The summed E-state index contributed by atoms with van der Waals surface area (Å²) in [5.74, 6) is -1.58. The van der Waals surface area contributed by atoms with Crippen molar-refractivity contribution in [2.45, 2.75) is 90.9 Å². The van der Waals surface area contributed by atoms with E-state index in [0.717, 1.165) is 12.8 Å². The summed E-state index contributed by atoms with van der Waals surface area (Å²) >= 11 is 0. The zero-order valence-corrected chi connectivity index (χ0v) is 14.0. The fraction of sp³-hybridized carbons (Fsp3) is 0.833. The van der Waals surface area contributed by atoms with Gasteiger partial charge in [-0.3, -0.25) is 0 Å². The molecular formula is C18H33FO2. The van der Waals surface area contributed by atoms with Crippen molar-refractivity contribution < 1.29 is 13.9 Å². The number of hydrogen-bond acceptors (Lipinski definition) is 2. The van der Waals surface area contributed by atoms with Crippen LogP contribution in [0.2, 0.25) is 0 Å². The van der Waals surface area contributed by atoms with Crippen LogP contribution in [-0.4, -0.2) is 12.6 Å². The molecule has 0 spiro atoms. The minimum absolute atomic E-state index is 0.221. The van der Waals surface area contributed by atoms with E-state index in [-0.39, 0.29) is 6.61 Å². The molecule has 0 aliphatic carbocycles. The summed E-state index contributed by atoms with van der Waals surface area (Å²) in [7, 11) is 0. The molecule has 0 fully saturated rings. The standard InChI is InChI=1S/C18H33FO2/c1-3-5-6-7-8-9-10-11-12-13-14-15-16-17(19)18(20)21-4-2/h16H,3-15H2,1-2H3/b17-16-. The molecule has 0 aromatic heterocycles. The van der Waals surface area contributed by atoms with Gasteiger partial charge in [0.25, 0.3) is 0 Å². The Morgan fingerprint density at radius 2 is 1.33 bits per heavy atom. The second-order valence-corrected chi connectivity index (χ2v) is 5.60. The van der Waals surface area contributed by atoms with E-state index < -0.39 is 11.8 Å². The Morgan fingerprint density at radius 3 is 1.81 bits per heavy atom. The number of carbonyl (C=O) groups excluding carboxylic acids is 1. The van der Waals surface area contributed by atoms with E-state index in [9.17, 15) is 9.18 Å². The molecule has 0 saturated carbocycles. The van der Waals surface area contributed by atoms with Gasteiger partial charge < -0.3 is 4.74 Å². The van der Waals surface area contributed by atoms with Crippen molar-refractivity contribution in [1.29, 1.82) is 0 Å². The lowest BCUT2D eigenvalue weighted by Gasteiger charge is -2.02. The number of unbranched alkanes of at least 4 members (excludes halogenated alkanes) is 11. The summed E-state index contributed by atoms with van der Waals surface area (Å²) < 4.78 is 17.8. The van der Waals surface area contributed by atoms with Crippen molar-refractivity contribution in [3.8, 4) is 0 Å². The Balaban J connectivity index is 3.29. The van der Waals surface area contributed by atoms with Crippen LogP contribution in [-0.2, 0) is 9.53 Å². The zero-order chi connectivity index (χ0) is 15.8. The van der Waals surface area contributed by atoms with Gasteiger partial charge in [0.15, 0.2) is 0 Å². The van der Waals surface area contributed by atoms with E-state index in [1.54, 1.807) is 6.92 Å². The molecule has 0 radical (unpaired) electrons. The lowest BCUT2D eigenvalue weighted by molar-refractivity contribution is -0.140. The Hall–Kier alpha value is -0.860. The van der Waals surface area contributed by atoms with Gasteiger partial charge in [-0.25, -0.2) is 4.79 Å². The van der Waals surface area contributed by atoms with Crippen LogP contribution >= 0.6 is 0 Å². The van der Waals surface area contributed by atoms with Gasteiger partial charge in [-0.05, 0) is 25.8 Å². The number of esters is 1. The first-order valence-corrected chi connectivity index (χ1v) is 8.75. The highest BCUT2D eigenvalue weighted by molar-refractivity contribution is 5.85. The first-order chi connectivity index (χ1) is 10.2. The van der Waals surface area contributed by atoms with Gasteiger partial charge in [-0.1, -0.05) is 71.1 Å². The van der Waals surface area contributed by atoms with E-state index in [4.69, 9.17) is 0 Å². The van der Waals surface area contributed by atoms with Crippen LogP contribution < -0.4 is 0 Å². The first kappa shape index (κ1) is 20.1. The van der Waals surface area contributed by atoms with E-state index >= 15 is 0 Å². The van der Waals surface area contributed by atoms with Crippen LogP contribution in [0.25, 0.3) is 0 Å². The third-order valence-corrected chi connectivity index (χ3v) is 3.60. The predicted octanol–water partition coefficient (Wildman–Crippen LogP) is 6.10. The molecule has 0 atom stereocenters. The third-order valence-electron chi connectivity index (χ3n) is 3.60. The van der Waals surface area contributed by atoms with Gasteiger partial charge in [-0.2, -0.15) is 4.39 Å². The molecule has 0 aromatic carbocycles. The van der Waals surface area contributed by atoms with E-state index in [1.807, 2.05) is 0 Å². The van der Waals surface area contributed by atoms with Gasteiger partial charge in [0.1, 0.15) is 0 Å². The Bertz CT molecular complexity index is 274. The van der Waals surface area contributed by atoms with Crippen LogP contribution in [0.3, 0.4) is 0 Å². The molecular weight excluding hydrogens is 267 g/mol. The lowest BCUT2D eigenvalue weighted by Crippen LogP contribution is -2.04. The van der Waals surface area contributed by atoms with Crippen molar-refractivity contribution in [3.05, 3.63) is 11.9 Å². The second-order valence-electron chi connectivity index (χ2n) is 5.60. The number of ether oxygens (including phenoxy) is 1. The molecule has 124 valence electrons. The van der Waals surface area contributed by atoms with Crippen molar-refractivity contribution in [2.75, 3.05) is 6.61 Å². The summed E-state index contributed by atoms with van der Waals surface area (Å²) in [4.78, 5) is 11.0. The van der Waals surface area contributed by atoms with Crippen LogP contribution in [0.4, 0.5) is 4.39 Å². The molecule has 0 bridgehead atoms. The molecule has 0 heterocycles. The van der Waals surface area contributed by atoms with Crippen LogP contribution in [0.5, 0.6) is 0 Å². The van der Waals surface area contributed by atoms with Crippen molar-refractivity contribution in [1.82, 2.24) is 0 Å². The highest BCUT2D eigenvalue weighted by Crippen LogP contribution is 2.12. The summed E-state index contributed by atoms with van der Waals surface area (Å²) in [5, 5.41) is 0. The van der Waals surface area contributed by atoms with Crippen LogP contribution in [0.15, 0.2) is 11.9 Å². The molecule has 0 aliphatic rings. The number of halogens is 1. The zero-order valence-electron chi connectivity index (χ0n) is 14.0. The van der Waals surface area contributed by atoms with Crippen LogP contribution in [0.1, 0.15) is 90.9 Å². The molecule has 0 aromatic rings. The highest BCUT2D eigenvalue weighted by Gasteiger charge is 2.07. The summed E-state index contributed by atoms with van der Waals surface area (Å²) in [6.45, 7) is 4.14. The largest absolute Gasteiger partial charge is 0.461 e. The average molecular weight is 300 g/mol. The Morgan fingerprint density at radius 1 is 0.857 bits per heavy atom. The lowest BCUT2D eigenvalue weighted by atomic mass is 10.1. The van der Waals surface area contributed by atoms with Gasteiger partial charge in [-0.15, -0.1) is 0 Å². The number of hydrogen-bond donors (Lipinski definition) is 0. The maximum Gasteiger partial charge on any atom is 0.366 e. The average Bonchev–Trinajstić information content (AvgIpc) is 2.48. The van der Waals surface area contributed by atoms with Gasteiger partial charge in [0.05, 0.1) is 6.61 Å². The Kier molecular flexibility index (Phi) is 14.9. The van der Waals surface area contributed by atoms with E-state index in [1.165, 1.54) is 63.9 Å². The minimum Gasteiger partial charge on any atom is -0.461 e. The van der Waals surface area contributed by atoms with Crippen LogP contribution in [0, 0.1) is 0 Å². The fourth-order valence-corrected chi connectivity index (χ4v) is 2.32. The highest BCUT2D eigenvalue weighted by atomic mass is 19.1. The summed E-state index contributed by atoms with van der Waals surface area (Å²) in [6, 6.07) is 0.